The summed E-state index contributed by atoms with van der Waals surface area (Å²) in [5, 5.41) is 3.70. The second-order valence-corrected chi connectivity index (χ2v) is 4.58. The van der Waals surface area contributed by atoms with Gasteiger partial charge in [-0.2, -0.15) is 5.10 Å². The van der Waals surface area contributed by atoms with Gasteiger partial charge < -0.3 is 4.74 Å². The maximum atomic E-state index is 13.5. The molecule has 2 rings (SSSR count). The number of para-hydroxylation sites is 1. The van der Waals surface area contributed by atoms with Gasteiger partial charge in [0, 0.05) is 11.6 Å². The normalized spacial score (nSPS) is 11.2. The van der Waals surface area contributed by atoms with E-state index < -0.39 is 30.0 Å². The summed E-state index contributed by atoms with van der Waals surface area (Å²) in [6.45, 7) is 0.998. The molecule has 0 saturated carbocycles. The highest BCUT2D eigenvalue weighted by atomic mass is 19.1. The summed E-state index contributed by atoms with van der Waals surface area (Å²) in [6.07, 6.45) is 0. The number of hydrogen-bond acceptors (Lipinski definition) is 3. The molecule has 0 unspecified atom stereocenters. The Hall–Kier alpha value is -2.83. The van der Waals surface area contributed by atoms with Crippen LogP contribution in [0.5, 0.6) is 5.75 Å². The molecule has 0 heterocycles. The van der Waals surface area contributed by atoms with E-state index in [1.54, 1.807) is 6.07 Å². The third kappa shape index (κ3) is 4.57. The summed E-state index contributed by atoms with van der Waals surface area (Å²) in [4.78, 5) is 11.6. The molecule has 0 spiro atoms. The third-order valence-corrected chi connectivity index (χ3v) is 2.86. The molecule has 0 aromatic heterocycles. The van der Waals surface area contributed by atoms with Crippen LogP contribution in [-0.2, 0) is 4.79 Å². The van der Waals surface area contributed by atoms with Crippen LogP contribution >= 0.6 is 0 Å². The summed E-state index contributed by atoms with van der Waals surface area (Å²) < 4.78 is 44.7. The number of hydrazone groups is 1. The fraction of sp³-hybridized carbons (Fsp3) is 0.125. The Labute approximate surface area is 130 Å². The minimum Gasteiger partial charge on any atom is -0.481 e. The van der Waals surface area contributed by atoms with Crippen molar-refractivity contribution < 1.29 is 22.7 Å². The fourth-order valence-electron chi connectivity index (χ4n) is 1.73. The minimum atomic E-state index is -0.789. The molecule has 23 heavy (non-hydrogen) atoms. The number of nitrogens with zero attached hydrogens (tertiary/aromatic N) is 1. The second kappa shape index (κ2) is 7.44. The number of hydrogen-bond donors (Lipinski definition) is 1. The first-order valence-electron chi connectivity index (χ1n) is 6.63. The number of ether oxygens (including phenoxy) is 1. The predicted octanol–water partition coefficient (Wildman–Crippen LogP) is 3.02. The highest BCUT2D eigenvalue weighted by Gasteiger charge is 2.09. The molecule has 1 amide bonds. The lowest BCUT2D eigenvalue weighted by Gasteiger charge is -2.07. The minimum absolute atomic E-state index is 0.0572. The molecule has 0 atom stereocenters. The summed E-state index contributed by atoms with van der Waals surface area (Å²) in [5.74, 6) is -2.79. The Morgan fingerprint density at radius 1 is 1.13 bits per heavy atom. The van der Waals surface area contributed by atoms with E-state index in [2.05, 4.69) is 10.5 Å². The molecule has 0 bridgehead atoms. The molecule has 120 valence electrons. The lowest BCUT2D eigenvalue weighted by molar-refractivity contribution is -0.123. The van der Waals surface area contributed by atoms with Gasteiger partial charge in [-0.05, 0) is 31.2 Å². The van der Waals surface area contributed by atoms with Crippen molar-refractivity contribution in [2.24, 2.45) is 5.10 Å². The number of carbonyl (C=O) groups is 1. The standard InChI is InChI=1S/C16H13F3N2O2/c1-10(12-7-6-11(17)8-14(12)19)20-21-16(22)9-23-15-5-3-2-4-13(15)18/h2-8H,9H2,1H3,(H,21,22)/b20-10-. The molecule has 2 aromatic rings. The zero-order valence-corrected chi connectivity index (χ0v) is 12.1. The number of rotatable bonds is 5. The van der Waals surface area contributed by atoms with Gasteiger partial charge in [-0.1, -0.05) is 12.1 Å². The molecule has 0 aliphatic carbocycles. The van der Waals surface area contributed by atoms with Crippen molar-refractivity contribution in [3.8, 4) is 5.75 Å². The maximum Gasteiger partial charge on any atom is 0.277 e. The van der Waals surface area contributed by atoms with Crippen LogP contribution in [0.2, 0.25) is 0 Å². The SMILES string of the molecule is C/C(=N/NC(=O)COc1ccccc1F)c1ccc(F)cc1F. The Bertz CT molecular complexity index is 748. The molecular weight excluding hydrogens is 309 g/mol. The van der Waals surface area contributed by atoms with Crippen molar-refractivity contribution in [3.05, 3.63) is 65.5 Å². The van der Waals surface area contributed by atoms with Crippen LogP contribution in [0.15, 0.2) is 47.6 Å². The van der Waals surface area contributed by atoms with Crippen molar-refractivity contribution in [2.75, 3.05) is 6.61 Å². The average molecular weight is 322 g/mol. The van der Waals surface area contributed by atoms with E-state index in [9.17, 15) is 18.0 Å². The first-order valence-corrected chi connectivity index (χ1v) is 6.63. The number of amides is 1. The zero-order chi connectivity index (χ0) is 16.8. The number of benzene rings is 2. The predicted molar refractivity (Wildman–Crippen MR) is 78.6 cm³/mol. The van der Waals surface area contributed by atoms with Gasteiger partial charge in [-0.15, -0.1) is 0 Å². The van der Waals surface area contributed by atoms with Crippen molar-refractivity contribution in [1.29, 1.82) is 0 Å². The first-order chi connectivity index (χ1) is 11.0. The Balaban J connectivity index is 1.94. The molecule has 0 fully saturated rings. The second-order valence-electron chi connectivity index (χ2n) is 4.58. The van der Waals surface area contributed by atoms with Gasteiger partial charge in [0.25, 0.3) is 5.91 Å². The number of halogens is 3. The number of carbonyl (C=O) groups excluding carboxylic acids is 1. The molecule has 0 saturated heterocycles. The van der Waals surface area contributed by atoms with Crippen LogP contribution in [0.25, 0.3) is 0 Å². The highest BCUT2D eigenvalue weighted by molar-refractivity contribution is 5.99. The van der Waals surface area contributed by atoms with Crippen LogP contribution in [0.3, 0.4) is 0 Å². The van der Waals surface area contributed by atoms with Crippen LogP contribution in [0.4, 0.5) is 13.2 Å². The van der Waals surface area contributed by atoms with Gasteiger partial charge in [0.05, 0.1) is 5.71 Å². The van der Waals surface area contributed by atoms with Gasteiger partial charge in [0.15, 0.2) is 18.2 Å². The molecule has 7 heteroatoms. The quantitative estimate of drug-likeness (QED) is 0.679. The molecule has 1 N–H and O–H groups in total. The van der Waals surface area contributed by atoms with E-state index in [0.29, 0.717) is 0 Å². The monoisotopic (exact) mass is 322 g/mol. The Morgan fingerprint density at radius 2 is 1.87 bits per heavy atom. The first kappa shape index (κ1) is 16.5. The van der Waals surface area contributed by atoms with Gasteiger partial charge in [-0.3, -0.25) is 4.79 Å². The van der Waals surface area contributed by atoms with Crippen LogP contribution in [-0.4, -0.2) is 18.2 Å². The summed E-state index contributed by atoms with van der Waals surface area (Å²) in [6, 6.07) is 8.66. The van der Waals surface area contributed by atoms with Gasteiger partial charge >= 0.3 is 0 Å². The van der Waals surface area contributed by atoms with Crippen molar-refractivity contribution in [2.45, 2.75) is 6.92 Å². The third-order valence-electron chi connectivity index (χ3n) is 2.86. The van der Waals surface area contributed by atoms with E-state index in [1.807, 2.05) is 0 Å². The molecular formula is C16H13F3N2O2. The zero-order valence-electron chi connectivity index (χ0n) is 12.1. The van der Waals surface area contributed by atoms with E-state index >= 15 is 0 Å². The van der Waals surface area contributed by atoms with Crippen LogP contribution < -0.4 is 10.2 Å². The Kier molecular flexibility index (Phi) is 5.35. The average Bonchev–Trinajstić information content (AvgIpc) is 2.52. The molecule has 0 radical (unpaired) electrons. The van der Waals surface area contributed by atoms with Gasteiger partial charge in [0.1, 0.15) is 11.6 Å². The van der Waals surface area contributed by atoms with E-state index in [0.717, 1.165) is 12.1 Å². The largest absolute Gasteiger partial charge is 0.481 e. The highest BCUT2D eigenvalue weighted by Crippen LogP contribution is 2.15. The van der Waals surface area contributed by atoms with Crippen LogP contribution in [0.1, 0.15) is 12.5 Å². The summed E-state index contributed by atoms with van der Waals surface area (Å²) in [5.41, 5.74) is 2.37. The lowest BCUT2D eigenvalue weighted by Crippen LogP contribution is -2.26. The molecule has 2 aromatic carbocycles. The van der Waals surface area contributed by atoms with Crippen molar-refractivity contribution in [1.82, 2.24) is 5.43 Å². The van der Waals surface area contributed by atoms with Crippen molar-refractivity contribution >= 4 is 11.6 Å². The number of nitrogens with one attached hydrogen (secondary N) is 1. The van der Waals surface area contributed by atoms with Crippen LogP contribution in [0, 0.1) is 17.5 Å². The van der Waals surface area contributed by atoms with Crippen molar-refractivity contribution in [3.63, 3.8) is 0 Å². The van der Waals surface area contributed by atoms with Gasteiger partial charge in [-0.25, -0.2) is 18.6 Å². The summed E-state index contributed by atoms with van der Waals surface area (Å²) >= 11 is 0. The van der Waals surface area contributed by atoms with E-state index in [4.69, 9.17) is 4.74 Å². The van der Waals surface area contributed by atoms with Gasteiger partial charge in [0.2, 0.25) is 0 Å². The van der Waals surface area contributed by atoms with E-state index in [-0.39, 0.29) is 17.0 Å². The molecule has 0 aliphatic rings. The Morgan fingerprint density at radius 3 is 2.57 bits per heavy atom. The van der Waals surface area contributed by atoms with E-state index in [1.165, 1.54) is 31.2 Å². The maximum absolute atomic E-state index is 13.5. The molecule has 4 nitrogen and oxygen atoms in total. The smallest absolute Gasteiger partial charge is 0.277 e. The topological polar surface area (TPSA) is 50.7 Å². The summed E-state index contributed by atoms with van der Waals surface area (Å²) in [7, 11) is 0. The molecule has 0 aliphatic heterocycles. The lowest BCUT2D eigenvalue weighted by atomic mass is 10.1. The fourth-order valence-corrected chi connectivity index (χ4v) is 1.73.